The molecule has 0 radical (unpaired) electrons. The molecule has 1 rings (SSSR count). The Kier molecular flexibility index (Phi) is 6.46. The van der Waals surface area contributed by atoms with E-state index < -0.39 is 20.6 Å². The molecule has 0 atom stereocenters. The van der Waals surface area contributed by atoms with Crippen LogP contribution in [0.4, 0.5) is 5.69 Å². The van der Waals surface area contributed by atoms with E-state index in [2.05, 4.69) is 9.62 Å². The number of sulfonamides is 1. The third-order valence-corrected chi connectivity index (χ3v) is 4.85. The molecule has 22 heavy (non-hydrogen) atoms. The van der Waals surface area contributed by atoms with Gasteiger partial charge in [0.15, 0.2) is 4.90 Å². The average Bonchev–Trinajstić information content (AvgIpc) is 2.42. The minimum absolute atomic E-state index is 0.199. The zero-order valence-electron chi connectivity index (χ0n) is 13.3. The summed E-state index contributed by atoms with van der Waals surface area (Å²) in [6, 6.07) is 5.91. The third kappa shape index (κ3) is 4.75. The topological polar surface area (TPSA) is 92.6 Å². The number of nitrogens with zero attached hydrogens (tertiary/aromatic N) is 2. The van der Waals surface area contributed by atoms with Crippen LogP contribution in [0.1, 0.15) is 27.7 Å². The molecule has 0 bridgehead atoms. The number of hydrogen-bond acceptors (Lipinski definition) is 5. The van der Waals surface area contributed by atoms with Gasteiger partial charge in [-0.15, -0.1) is 0 Å². The predicted molar refractivity (Wildman–Crippen MR) is 85.3 cm³/mol. The molecular formula is C14H23N3O4S. The van der Waals surface area contributed by atoms with Crippen molar-refractivity contribution in [1.82, 2.24) is 9.62 Å². The molecular weight excluding hydrogens is 306 g/mol. The molecule has 0 aliphatic carbocycles. The van der Waals surface area contributed by atoms with Crippen molar-refractivity contribution in [2.45, 2.75) is 44.7 Å². The second kappa shape index (κ2) is 7.66. The van der Waals surface area contributed by atoms with E-state index in [1.165, 1.54) is 24.3 Å². The third-order valence-electron chi connectivity index (χ3n) is 3.34. The summed E-state index contributed by atoms with van der Waals surface area (Å²) in [4.78, 5) is 12.1. The van der Waals surface area contributed by atoms with Crippen LogP contribution >= 0.6 is 0 Å². The average molecular weight is 329 g/mol. The number of hydrogen-bond donors (Lipinski definition) is 1. The number of para-hydroxylation sites is 1. The quantitative estimate of drug-likeness (QED) is 0.581. The fourth-order valence-corrected chi connectivity index (χ4v) is 3.53. The monoisotopic (exact) mass is 329 g/mol. The second-order valence-electron chi connectivity index (χ2n) is 5.55. The van der Waals surface area contributed by atoms with Crippen molar-refractivity contribution in [3.63, 3.8) is 0 Å². The van der Waals surface area contributed by atoms with Gasteiger partial charge in [0.25, 0.3) is 5.69 Å². The minimum Gasteiger partial charge on any atom is -0.297 e. The summed E-state index contributed by atoms with van der Waals surface area (Å²) in [6.45, 7) is 8.89. The van der Waals surface area contributed by atoms with Crippen molar-refractivity contribution >= 4 is 15.7 Å². The fraction of sp³-hybridized carbons (Fsp3) is 0.571. The summed E-state index contributed by atoms with van der Waals surface area (Å²) in [5, 5.41) is 10.9. The van der Waals surface area contributed by atoms with Crippen molar-refractivity contribution in [3.05, 3.63) is 34.4 Å². The lowest BCUT2D eigenvalue weighted by molar-refractivity contribution is -0.387. The van der Waals surface area contributed by atoms with Gasteiger partial charge in [-0.25, -0.2) is 13.1 Å². The van der Waals surface area contributed by atoms with Crippen molar-refractivity contribution < 1.29 is 13.3 Å². The highest BCUT2D eigenvalue weighted by Gasteiger charge is 2.25. The lowest BCUT2D eigenvalue weighted by atomic mass is 10.2. The van der Waals surface area contributed by atoms with E-state index in [9.17, 15) is 18.5 Å². The fourth-order valence-electron chi connectivity index (χ4n) is 2.33. The first kappa shape index (κ1) is 18.5. The van der Waals surface area contributed by atoms with Crippen molar-refractivity contribution in [2.75, 3.05) is 13.1 Å². The van der Waals surface area contributed by atoms with Crippen LogP contribution in [0, 0.1) is 10.1 Å². The first-order valence-corrected chi connectivity index (χ1v) is 8.64. The highest BCUT2D eigenvalue weighted by molar-refractivity contribution is 7.89. The Labute approximate surface area is 131 Å². The largest absolute Gasteiger partial charge is 0.297 e. The molecule has 0 amide bonds. The highest BCUT2D eigenvalue weighted by Crippen LogP contribution is 2.22. The molecule has 0 fully saturated rings. The Balaban J connectivity index is 2.83. The van der Waals surface area contributed by atoms with Crippen molar-refractivity contribution in [2.24, 2.45) is 0 Å². The SMILES string of the molecule is CC(C)N(CCNS(=O)(=O)c1ccccc1[N+](=O)[O-])C(C)C. The molecule has 0 aliphatic heterocycles. The lowest BCUT2D eigenvalue weighted by Crippen LogP contribution is -2.42. The van der Waals surface area contributed by atoms with Gasteiger partial charge in [0.05, 0.1) is 4.92 Å². The van der Waals surface area contributed by atoms with Crippen LogP contribution in [-0.4, -0.2) is 43.4 Å². The van der Waals surface area contributed by atoms with E-state index in [0.717, 1.165) is 0 Å². The van der Waals surface area contributed by atoms with Crippen LogP contribution < -0.4 is 4.72 Å². The zero-order valence-corrected chi connectivity index (χ0v) is 14.1. The Morgan fingerprint density at radius 2 is 1.73 bits per heavy atom. The zero-order chi connectivity index (χ0) is 16.9. The van der Waals surface area contributed by atoms with Gasteiger partial charge in [-0.2, -0.15) is 0 Å². The Morgan fingerprint density at radius 3 is 2.23 bits per heavy atom. The summed E-state index contributed by atoms with van der Waals surface area (Å²) in [7, 11) is -3.90. The standard InChI is InChI=1S/C14H23N3O4S/c1-11(2)16(12(3)4)10-9-15-22(20,21)14-8-6-5-7-13(14)17(18)19/h5-8,11-12,15H,9-10H2,1-4H3. The first-order valence-electron chi connectivity index (χ1n) is 7.15. The molecule has 0 saturated carbocycles. The van der Waals surface area contributed by atoms with Gasteiger partial charge < -0.3 is 0 Å². The Morgan fingerprint density at radius 1 is 1.18 bits per heavy atom. The van der Waals surface area contributed by atoms with E-state index in [0.29, 0.717) is 6.54 Å². The summed E-state index contributed by atoms with van der Waals surface area (Å²) in [5.41, 5.74) is -0.417. The summed E-state index contributed by atoms with van der Waals surface area (Å²) >= 11 is 0. The maximum absolute atomic E-state index is 12.2. The molecule has 1 aromatic rings. The van der Waals surface area contributed by atoms with Crippen LogP contribution in [0.5, 0.6) is 0 Å². The molecule has 7 nitrogen and oxygen atoms in total. The molecule has 0 saturated heterocycles. The number of nitro benzene ring substituents is 1. The van der Waals surface area contributed by atoms with E-state index >= 15 is 0 Å². The molecule has 1 N–H and O–H groups in total. The maximum atomic E-state index is 12.2. The van der Waals surface area contributed by atoms with Gasteiger partial charge in [-0.3, -0.25) is 15.0 Å². The molecule has 124 valence electrons. The van der Waals surface area contributed by atoms with Gasteiger partial charge in [0, 0.05) is 31.2 Å². The first-order chi connectivity index (χ1) is 10.2. The van der Waals surface area contributed by atoms with Gasteiger partial charge >= 0.3 is 0 Å². The molecule has 0 unspecified atom stereocenters. The van der Waals surface area contributed by atoms with Gasteiger partial charge in [0.2, 0.25) is 10.0 Å². The van der Waals surface area contributed by atoms with Gasteiger partial charge in [-0.1, -0.05) is 12.1 Å². The number of benzene rings is 1. The molecule has 8 heteroatoms. The van der Waals surface area contributed by atoms with Gasteiger partial charge in [0.1, 0.15) is 0 Å². The van der Waals surface area contributed by atoms with E-state index in [4.69, 9.17) is 0 Å². The summed E-state index contributed by atoms with van der Waals surface area (Å²) in [6.07, 6.45) is 0. The highest BCUT2D eigenvalue weighted by atomic mass is 32.2. The van der Waals surface area contributed by atoms with Crippen molar-refractivity contribution in [1.29, 1.82) is 0 Å². The molecule has 0 spiro atoms. The van der Waals surface area contributed by atoms with E-state index in [1.807, 2.05) is 27.7 Å². The van der Waals surface area contributed by atoms with Gasteiger partial charge in [-0.05, 0) is 33.8 Å². The van der Waals surface area contributed by atoms with E-state index in [-0.39, 0.29) is 23.5 Å². The van der Waals surface area contributed by atoms with Crippen molar-refractivity contribution in [3.8, 4) is 0 Å². The minimum atomic E-state index is -3.90. The normalized spacial score (nSPS) is 12.3. The maximum Gasteiger partial charge on any atom is 0.289 e. The second-order valence-corrected chi connectivity index (χ2v) is 7.28. The molecule has 0 aliphatic rings. The smallest absolute Gasteiger partial charge is 0.289 e. The molecule has 1 aromatic carbocycles. The molecule has 0 heterocycles. The Hall–Kier alpha value is -1.51. The summed E-state index contributed by atoms with van der Waals surface area (Å²) < 4.78 is 26.9. The van der Waals surface area contributed by atoms with Crippen LogP contribution in [0.3, 0.4) is 0 Å². The van der Waals surface area contributed by atoms with Crippen LogP contribution in [-0.2, 0) is 10.0 Å². The van der Waals surface area contributed by atoms with E-state index in [1.54, 1.807) is 0 Å². The number of nitro groups is 1. The predicted octanol–water partition coefficient (Wildman–Crippen LogP) is 1.99. The molecule has 0 aromatic heterocycles. The Bertz CT molecular complexity index is 606. The van der Waals surface area contributed by atoms with Crippen LogP contribution in [0.15, 0.2) is 29.2 Å². The lowest BCUT2D eigenvalue weighted by Gasteiger charge is -2.30. The van der Waals surface area contributed by atoms with Crippen LogP contribution in [0.2, 0.25) is 0 Å². The summed E-state index contributed by atoms with van der Waals surface area (Å²) in [5.74, 6) is 0. The number of rotatable bonds is 8. The number of nitrogens with one attached hydrogen (secondary N) is 1. The van der Waals surface area contributed by atoms with Crippen LogP contribution in [0.25, 0.3) is 0 Å².